The fraction of sp³-hybridized carbons (Fsp3) is 0.533. The first-order chi connectivity index (χ1) is 9.38. The number of carbonyl (C=O) groups excluding carboxylic acids is 1. The molecule has 0 bridgehead atoms. The van der Waals surface area contributed by atoms with Gasteiger partial charge in [0.05, 0.1) is 13.2 Å². The molecule has 0 amide bonds. The Morgan fingerprint density at radius 1 is 1.10 bits per heavy atom. The van der Waals surface area contributed by atoms with Crippen LogP contribution in [0.4, 0.5) is 0 Å². The first kappa shape index (κ1) is 16.8. The summed E-state index contributed by atoms with van der Waals surface area (Å²) in [7, 11) is 0. The van der Waals surface area contributed by atoms with Crippen molar-refractivity contribution in [2.75, 3.05) is 26.3 Å². The zero-order valence-corrected chi connectivity index (χ0v) is 12.0. The second-order valence-corrected chi connectivity index (χ2v) is 5.31. The van der Waals surface area contributed by atoms with Gasteiger partial charge in [0, 0.05) is 25.2 Å². The van der Waals surface area contributed by atoms with E-state index in [1.54, 1.807) is 12.1 Å². The van der Waals surface area contributed by atoms with Crippen molar-refractivity contribution < 1.29 is 20.1 Å². The van der Waals surface area contributed by atoms with Gasteiger partial charge in [-0.05, 0) is 19.4 Å². The fourth-order valence-corrected chi connectivity index (χ4v) is 1.93. The van der Waals surface area contributed by atoms with E-state index in [1.165, 1.54) is 13.8 Å². The van der Waals surface area contributed by atoms with E-state index in [1.807, 2.05) is 17.0 Å². The third-order valence-corrected chi connectivity index (χ3v) is 3.01. The van der Waals surface area contributed by atoms with Crippen molar-refractivity contribution in [3.8, 4) is 0 Å². The zero-order valence-electron chi connectivity index (χ0n) is 12.0. The first-order valence-corrected chi connectivity index (χ1v) is 6.68. The lowest BCUT2D eigenvalue weighted by Gasteiger charge is -2.20. The molecule has 0 aliphatic heterocycles. The maximum absolute atomic E-state index is 11.9. The second-order valence-electron chi connectivity index (χ2n) is 5.31. The predicted octanol–water partition coefficient (Wildman–Crippen LogP) is 0.427. The number of hydrogen-bond donors (Lipinski definition) is 3. The van der Waals surface area contributed by atoms with E-state index in [0.717, 1.165) is 5.56 Å². The van der Waals surface area contributed by atoms with Gasteiger partial charge < -0.3 is 15.3 Å². The normalized spacial score (nSPS) is 11.9. The molecule has 0 aliphatic rings. The van der Waals surface area contributed by atoms with Gasteiger partial charge in [-0.3, -0.25) is 9.69 Å². The molecule has 0 saturated heterocycles. The van der Waals surface area contributed by atoms with E-state index < -0.39 is 5.60 Å². The van der Waals surface area contributed by atoms with Gasteiger partial charge in [0.15, 0.2) is 5.78 Å². The highest BCUT2D eigenvalue weighted by atomic mass is 16.3. The number of hydrogen-bond acceptors (Lipinski definition) is 5. The maximum atomic E-state index is 11.9. The summed E-state index contributed by atoms with van der Waals surface area (Å²) in [5.41, 5.74) is 0.0812. The van der Waals surface area contributed by atoms with Crippen molar-refractivity contribution in [2.24, 2.45) is 0 Å². The van der Waals surface area contributed by atoms with Crippen LogP contribution >= 0.6 is 0 Å². The average Bonchev–Trinajstić information content (AvgIpc) is 2.38. The van der Waals surface area contributed by atoms with Crippen LogP contribution in [0.25, 0.3) is 0 Å². The summed E-state index contributed by atoms with van der Waals surface area (Å²) in [5.74, 6) is -0.313. The molecular weight excluding hydrogens is 258 g/mol. The highest BCUT2D eigenvalue weighted by Crippen LogP contribution is 2.14. The summed E-state index contributed by atoms with van der Waals surface area (Å²) in [6.45, 7) is 4.58. The van der Waals surface area contributed by atoms with Crippen LogP contribution in [0, 0.1) is 0 Å². The number of carbonyl (C=O) groups is 1. The minimum atomic E-state index is -1.37. The van der Waals surface area contributed by atoms with Gasteiger partial charge in [0.1, 0.15) is 5.60 Å². The molecule has 0 fully saturated rings. The number of Topliss-reactive ketones (excluding diaryl/α,β-unsaturated/α-hetero) is 1. The number of aliphatic hydroxyl groups excluding tert-OH is 2. The Morgan fingerprint density at radius 2 is 1.60 bits per heavy atom. The van der Waals surface area contributed by atoms with E-state index in [-0.39, 0.29) is 19.0 Å². The molecule has 0 aliphatic carbocycles. The van der Waals surface area contributed by atoms with Gasteiger partial charge in [-0.25, -0.2) is 0 Å². The number of benzene rings is 1. The van der Waals surface area contributed by atoms with Crippen LogP contribution < -0.4 is 0 Å². The highest BCUT2D eigenvalue weighted by Gasteiger charge is 2.24. The molecular formula is C15H23NO4. The second kappa shape index (κ2) is 7.50. The Bertz CT molecular complexity index is 416. The summed E-state index contributed by atoms with van der Waals surface area (Å²) in [4.78, 5) is 13.8. The maximum Gasteiger partial charge on any atom is 0.193 e. The summed E-state index contributed by atoms with van der Waals surface area (Å²) in [5, 5.41) is 27.6. The van der Waals surface area contributed by atoms with E-state index in [9.17, 15) is 9.90 Å². The SMILES string of the molecule is CC(C)(O)C(=O)c1ccc(CN(CCO)CCO)cc1. The summed E-state index contributed by atoms with van der Waals surface area (Å²) in [6.07, 6.45) is 0. The molecule has 0 aromatic heterocycles. The molecule has 0 radical (unpaired) electrons. The lowest BCUT2D eigenvalue weighted by Crippen LogP contribution is -2.31. The third kappa shape index (κ3) is 5.02. The minimum absolute atomic E-state index is 0.0370. The molecule has 1 aromatic rings. The minimum Gasteiger partial charge on any atom is -0.395 e. The molecule has 1 aromatic carbocycles. The molecule has 112 valence electrons. The van der Waals surface area contributed by atoms with Crippen LogP contribution in [-0.4, -0.2) is 57.9 Å². The summed E-state index contributed by atoms with van der Waals surface area (Å²) < 4.78 is 0. The molecule has 0 unspecified atom stereocenters. The smallest absolute Gasteiger partial charge is 0.193 e. The van der Waals surface area contributed by atoms with Crippen molar-refractivity contribution >= 4 is 5.78 Å². The topological polar surface area (TPSA) is 81.0 Å². The number of rotatable bonds is 8. The van der Waals surface area contributed by atoms with Gasteiger partial charge >= 0.3 is 0 Å². The van der Waals surface area contributed by atoms with E-state index in [4.69, 9.17) is 10.2 Å². The molecule has 3 N–H and O–H groups in total. The number of aliphatic hydroxyl groups is 3. The molecule has 5 heteroatoms. The summed E-state index contributed by atoms with van der Waals surface area (Å²) in [6, 6.07) is 7.01. The Morgan fingerprint density at radius 3 is 2.00 bits per heavy atom. The Labute approximate surface area is 119 Å². The van der Waals surface area contributed by atoms with Gasteiger partial charge in [-0.15, -0.1) is 0 Å². The van der Waals surface area contributed by atoms with Crippen LogP contribution in [0.15, 0.2) is 24.3 Å². The lowest BCUT2D eigenvalue weighted by atomic mass is 9.96. The number of ketones is 1. The lowest BCUT2D eigenvalue weighted by molar-refractivity contribution is 0.0488. The quantitative estimate of drug-likeness (QED) is 0.602. The molecule has 20 heavy (non-hydrogen) atoms. The average molecular weight is 281 g/mol. The van der Waals surface area contributed by atoms with Gasteiger partial charge in [-0.1, -0.05) is 24.3 Å². The Kier molecular flexibility index (Phi) is 6.29. The van der Waals surface area contributed by atoms with E-state index in [0.29, 0.717) is 25.2 Å². The standard InChI is InChI=1S/C15H23NO4/c1-15(2,20)14(19)13-5-3-12(4-6-13)11-16(7-9-17)8-10-18/h3-6,17-18,20H,7-11H2,1-2H3. The monoisotopic (exact) mass is 281 g/mol. The molecule has 0 atom stereocenters. The van der Waals surface area contributed by atoms with E-state index >= 15 is 0 Å². The van der Waals surface area contributed by atoms with Crippen LogP contribution in [0.3, 0.4) is 0 Å². The Balaban J connectivity index is 2.73. The van der Waals surface area contributed by atoms with Gasteiger partial charge in [-0.2, -0.15) is 0 Å². The third-order valence-electron chi connectivity index (χ3n) is 3.01. The van der Waals surface area contributed by atoms with Gasteiger partial charge in [0.25, 0.3) is 0 Å². The van der Waals surface area contributed by atoms with Crippen molar-refractivity contribution in [3.05, 3.63) is 35.4 Å². The molecule has 0 saturated carbocycles. The van der Waals surface area contributed by atoms with Crippen molar-refractivity contribution in [1.29, 1.82) is 0 Å². The van der Waals surface area contributed by atoms with Gasteiger partial charge in [0.2, 0.25) is 0 Å². The first-order valence-electron chi connectivity index (χ1n) is 6.68. The molecule has 5 nitrogen and oxygen atoms in total. The molecule has 0 spiro atoms. The zero-order chi connectivity index (χ0) is 15.2. The fourth-order valence-electron chi connectivity index (χ4n) is 1.93. The Hall–Kier alpha value is -1.27. The largest absolute Gasteiger partial charge is 0.395 e. The van der Waals surface area contributed by atoms with Crippen LogP contribution in [0.1, 0.15) is 29.8 Å². The van der Waals surface area contributed by atoms with Crippen molar-refractivity contribution in [1.82, 2.24) is 4.90 Å². The van der Waals surface area contributed by atoms with Crippen molar-refractivity contribution in [3.63, 3.8) is 0 Å². The predicted molar refractivity (Wildman–Crippen MR) is 76.5 cm³/mol. The summed E-state index contributed by atoms with van der Waals surface area (Å²) >= 11 is 0. The molecule has 1 rings (SSSR count). The highest BCUT2D eigenvalue weighted by molar-refractivity contribution is 6.01. The molecule has 0 heterocycles. The van der Waals surface area contributed by atoms with Crippen molar-refractivity contribution in [2.45, 2.75) is 26.0 Å². The van der Waals surface area contributed by atoms with Crippen LogP contribution in [0.2, 0.25) is 0 Å². The van der Waals surface area contributed by atoms with E-state index in [2.05, 4.69) is 0 Å². The van der Waals surface area contributed by atoms with Crippen LogP contribution in [-0.2, 0) is 6.54 Å². The van der Waals surface area contributed by atoms with Crippen LogP contribution in [0.5, 0.6) is 0 Å². The number of nitrogens with zero attached hydrogens (tertiary/aromatic N) is 1.